The maximum atomic E-state index is 8.99. The van der Waals surface area contributed by atoms with Crippen molar-refractivity contribution in [2.75, 3.05) is 19.7 Å². The summed E-state index contributed by atoms with van der Waals surface area (Å²) in [7, 11) is 0. The molecule has 0 unspecified atom stereocenters. The molecule has 0 saturated carbocycles. The van der Waals surface area contributed by atoms with Crippen LogP contribution >= 0.6 is 0 Å². The molecule has 4 heteroatoms. The third-order valence-corrected chi connectivity index (χ3v) is 2.06. The van der Waals surface area contributed by atoms with Crippen LogP contribution in [0.5, 0.6) is 0 Å². The van der Waals surface area contributed by atoms with E-state index in [9.17, 15) is 0 Å². The van der Waals surface area contributed by atoms with Crippen LogP contribution in [0.3, 0.4) is 0 Å². The molecule has 86 valence electrons. The summed E-state index contributed by atoms with van der Waals surface area (Å²) >= 11 is 0. The minimum atomic E-state index is 0.199. The lowest BCUT2D eigenvalue weighted by atomic mass is 9.96. The van der Waals surface area contributed by atoms with Crippen molar-refractivity contribution in [2.45, 2.75) is 27.3 Å². The molecule has 0 fully saturated rings. The normalized spacial score (nSPS) is 12.3. The number of rotatable bonds is 5. The Morgan fingerprint density at radius 1 is 1.47 bits per heavy atom. The van der Waals surface area contributed by atoms with Crippen molar-refractivity contribution in [2.24, 2.45) is 5.41 Å². The van der Waals surface area contributed by atoms with Gasteiger partial charge < -0.3 is 10.1 Å². The lowest BCUT2D eigenvalue weighted by Gasteiger charge is -2.28. The van der Waals surface area contributed by atoms with Crippen LogP contribution in [0.15, 0.2) is 12.5 Å². The highest BCUT2D eigenvalue weighted by Gasteiger charge is 2.16. The number of nitrogens with one attached hydrogen (secondary N) is 1. The molecule has 1 aromatic rings. The third kappa shape index (κ3) is 4.95. The number of imidazole rings is 1. The molecular formula is C11H21N3O. The van der Waals surface area contributed by atoms with Gasteiger partial charge in [-0.1, -0.05) is 20.8 Å². The van der Waals surface area contributed by atoms with E-state index in [1.807, 2.05) is 6.20 Å². The number of aliphatic hydroxyl groups is 1. The Morgan fingerprint density at radius 2 is 2.20 bits per heavy atom. The summed E-state index contributed by atoms with van der Waals surface area (Å²) in [6.45, 7) is 9.28. The van der Waals surface area contributed by atoms with Crippen LogP contribution in [0.1, 0.15) is 26.5 Å². The van der Waals surface area contributed by atoms with Gasteiger partial charge in [0.1, 0.15) is 0 Å². The quantitative estimate of drug-likeness (QED) is 0.770. The Kier molecular flexibility index (Phi) is 4.29. The maximum absolute atomic E-state index is 8.99. The number of aliphatic hydroxyl groups excluding tert-OH is 1. The number of nitrogens with zero attached hydrogens (tertiary/aromatic N) is 2. The van der Waals surface area contributed by atoms with Crippen molar-refractivity contribution in [3.63, 3.8) is 0 Å². The first kappa shape index (κ1) is 12.2. The average molecular weight is 211 g/mol. The van der Waals surface area contributed by atoms with Crippen molar-refractivity contribution in [1.82, 2.24) is 14.9 Å². The predicted octanol–water partition coefficient (Wildman–Crippen LogP) is 1.25. The standard InChI is InChI=1S/C11H21N3O/c1-11(2,3)8-14(4-5-15)7-10-6-12-9-13-10/h6,9,15H,4-5,7-8H2,1-3H3,(H,12,13). The Hall–Kier alpha value is -0.870. The SMILES string of the molecule is CC(C)(C)CN(CCO)Cc1cnc[nH]1. The van der Waals surface area contributed by atoms with E-state index in [0.29, 0.717) is 6.54 Å². The summed E-state index contributed by atoms with van der Waals surface area (Å²) in [6.07, 6.45) is 3.51. The third-order valence-electron chi connectivity index (χ3n) is 2.06. The highest BCUT2D eigenvalue weighted by atomic mass is 16.3. The Morgan fingerprint density at radius 3 is 2.67 bits per heavy atom. The summed E-state index contributed by atoms with van der Waals surface area (Å²) in [6, 6.07) is 0. The van der Waals surface area contributed by atoms with Crippen molar-refractivity contribution in [1.29, 1.82) is 0 Å². The number of hydrogen-bond donors (Lipinski definition) is 2. The van der Waals surface area contributed by atoms with Gasteiger partial charge in [0.25, 0.3) is 0 Å². The van der Waals surface area contributed by atoms with Gasteiger partial charge in [0.15, 0.2) is 0 Å². The van der Waals surface area contributed by atoms with E-state index >= 15 is 0 Å². The van der Waals surface area contributed by atoms with Crippen molar-refractivity contribution >= 4 is 0 Å². The largest absolute Gasteiger partial charge is 0.395 e. The van der Waals surface area contributed by atoms with Gasteiger partial charge in [0, 0.05) is 31.5 Å². The first-order valence-corrected chi connectivity index (χ1v) is 5.32. The second kappa shape index (κ2) is 5.28. The molecule has 0 atom stereocenters. The molecule has 0 saturated heterocycles. The highest BCUT2D eigenvalue weighted by Crippen LogP contribution is 2.16. The van der Waals surface area contributed by atoms with Crippen molar-refractivity contribution in [3.8, 4) is 0 Å². The van der Waals surface area contributed by atoms with Gasteiger partial charge in [-0.25, -0.2) is 4.98 Å². The molecule has 2 N–H and O–H groups in total. The number of aromatic amines is 1. The summed E-state index contributed by atoms with van der Waals surface area (Å²) in [5, 5.41) is 8.99. The molecule has 4 nitrogen and oxygen atoms in total. The average Bonchev–Trinajstić information content (AvgIpc) is 2.54. The van der Waals surface area contributed by atoms with Gasteiger partial charge in [-0.2, -0.15) is 0 Å². The molecule has 0 radical (unpaired) electrons. The molecule has 1 rings (SSSR count). The van der Waals surface area contributed by atoms with E-state index in [-0.39, 0.29) is 12.0 Å². The monoisotopic (exact) mass is 211 g/mol. The fraction of sp³-hybridized carbons (Fsp3) is 0.727. The van der Waals surface area contributed by atoms with E-state index < -0.39 is 0 Å². The lowest BCUT2D eigenvalue weighted by Crippen LogP contribution is -2.34. The molecule has 15 heavy (non-hydrogen) atoms. The molecule has 0 aliphatic heterocycles. The predicted molar refractivity (Wildman–Crippen MR) is 60.4 cm³/mol. The molecular weight excluding hydrogens is 190 g/mol. The van der Waals surface area contributed by atoms with Crippen molar-refractivity contribution < 1.29 is 5.11 Å². The van der Waals surface area contributed by atoms with Gasteiger partial charge in [0.2, 0.25) is 0 Å². The summed E-state index contributed by atoms with van der Waals surface area (Å²) in [5.41, 5.74) is 1.34. The fourth-order valence-electron chi connectivity index (χ4n) is 1.64. The molecule has 1 heterocycles. The second-order valence-corrected chi connectivity index (χ2v) is 5.07. The lowest BCUT2D eigenvalue weighted by molar-refractivity contribution is 0.145. The van der Waals surface area contributed by atoms with Gasteiger partial charge in [-0.3, -0.25) is 4.90 Å². The van der Waals surface area contributed by atoms with Crippen LogP contribution in [0, 0.1) is 5.41 Å². The Bertz CT molecular complexity index is 264. The van der Waals surface area contributed by atoms with Crippen LogP contribution in [0.25, 0.3) is 0 Å². The molecule has 0 aliphatic carbocycles. The number of hydrogen-bond acceptors (Lipinski definition) is 3. The van der Waals surface area contributed by atoms with Crippen molar-refractivity contribution in [3.05, 3.63) is 18.2 Å². The first-order valence-electron chi connectivity index (χ1n) is 5.32. The van der Waals surface area contributed by atoms with E-state index in [2.05, 4.69) is 35.6 Å². The van der Waals surface area contributed by atoms with E-state index in [1.165, 1.54) is 0 Å². The zero-order valence-corrected chi connectivity index (χ0v) is 9.82. The topological polar surface area (TPSA) is 52.1 Å². The maximum Gasteiger partial charge on any atom is 0.0922 e. The highest BCUT2D eigenvalue weighted by molar-refractivity contribution is 4.94. The van der Waals surface area contributed by atoms with Crippen LogP contribution < -0.4 is 0 Å². The van der Waals surface area contributed by atoms with Crippen LogP contribution in [-0.4, -0.2) is 39.7 Å². The molecule has 0 bridgehead atoms. The minimum absolute atomic E-state index is 0.199. The zero-order valence-electron chi connectivity index (χ0n) is 9.82. The van der Waals surface area contributed by atoms with E-state index in [0.717, 1.165) is 18.8 Å². The second-order valence-electron chi connectivity index (χ2n) is 5.07. The van der Waals surface area contributed by atoms with Gasteiger partial charge >= 0.3 is 0 Å². The van der Waals surface area contributed by atoms with Crippen LogP contribution in [0.4, 0.5) is 0 Å². The summed E-state index contributed by atoms with van der Waals surface area (Å²) in [5.74, 6) is 0. The Balaban J connectivity index is 2.51. The molecule has 1 aromatic heterocycles. The smallest absolute Gasteiger partial charge is 0.0922 e. The van der Waals surface area contributed by atoms with Gasteiger partial charge in [0.05, 0.1) is 12.9 Å². The van der Waals surface area contributed by atoms with E-state index in [4.69, 9.17) is 5.11 Å². The molecule has 0 spiro atoms. The zero-order chi connectivity index (χ0) is 11.3. The number of H-pyrrole nitrogens is 1. The first-order chi connectivity index (χ1) is 7.01. The van der Waals surface area contributed by atoms with Gasteiger partial charge in [-0.05, 0) is 5.41 Å². The van der Waals surface area contributed by atoms with Crippen LogP contribution in [0.2, 0.25) is 0 Å². The molecule has 0 amide bonds. The van der Waals surface area contributed by atoms with Crippen LogP contribution in [-0.2, 0) is 6.54 Å². The minimum Gasteiger partial charge on any atom is -0.395 e. The fourth-order valence-corrected chi connectivity index (χ4v) is 1.64. The molecule has 0 aromatic carbocycles. The van der Waals surface area contributed by atoms with Gasteiger partial charge in [-0.15, -0.1) is 0 Å². The summed E-state index contributed by atoms with van der Waals surface area (Å²) in [4.78, 5) is 9.29. The van der Waals surface area contributed by atoms with E-state index in [1.54, 1.807) is 6.33 Å². The Labute approximate surface area is 91.3 Å². The summed E-state index contributed by atoms with van der Waals surface area (Å²) < 4.78 is 0. The molecule has 0 aliphatic rings. The number of aromatic nitrogens is 2.